The molecule has 2 aliphatic carbocycles. The monoisotopic (exact) mass is 601 g/mol. The third kappa shape index (κ3) is 3.48. The molecule has 6 aromatic carbocycles. The van der Waals surface area contributed by atoms with Gasteiger partial charge in [0.1, 0.15) is 0 Å². The molecule has 1 nitrogen and oxygen atoms in total. The Hall–Kier alpha value is -5.57. The Kier molecular flexibility index (Phi) is 5.43. The lowest BCUT2D eigenvalue weighted by Crippen LogP contribution is -2.24. The highest BCUT2D eigenvalue weighted by molar-refractivity contribution is 7.20. The van der Waals surface area contributed by atoms with Crippen molar-refractivity contribution in [2.45, 2.75) is 5.41 Å². The van der Waals surface area contributed by atoms with Gasteiger partial charge in [-0.05, 0) is 68.8 Å². The molecule has 0 N–H and O–H groups in total. The Balaban J connectivity index is 1.26. The van der Waals surface area contributed by atoms with Gasteiger partial charge in [-0.15, -0.1) is 11.3 Å². The highest BCUT2D eigenvalue weighted by Crippen LogP contribution is 2.66. The van der Waals surface area contributed by atoms with Gasteiger partial charge in [-0.3, -0.25) is 0 Å². The Morgan fingerprint density at radius 1 is 0.413 bits per heavy atom. The Bertz CT molecular complexity index is 2370. The van der Waals surface area contributed by atoms with Gasteiger partial charge in [0, 0.05) is 31.7 Å². The first kappa shape index (κ1) is 25.7. The Morgan fingerprint density at radius 3 is 1.61 bits per heavy atom. The summed E-state index contributed by atoms with van der Waals surface area (Å²) in [5.41, 5.74) is 15.8. The van der Waals surface area contributed by atoms with E-state index >= 15 is 0 Å². The average Bonchev–Trinajstić information content (AvgIpc) is 3.76. The van der Waals surface area contributed by atoms with Crippen LogP contribution in [0.3, 0.4) is 0 Å². The van der Waals surface area contributed by atoms with Crippen molar-refractivity contribution >= 4 is 21.4 Å². The molecule has 214 valence electrons. The predicted octanol–water partition coefficient (Wildman–Crippen LogP) is 11.6. The van der Waals surface area contributed by atoms with Crippen LogP contribution in [0.4, 0.5) is 0 Å². The molecule has 0 saturated heterocycles. The number of hydrogen-bond acceptors (Lipinski definition) is 2. The van der Waals surface area contributed by atoms with Gasteiger partial charge < -0.3 is 0 Å². The molecule has 0 unspecified atom stereocenters. The summed E-state index contributed by atoms with van der Waals surface area (Å²) in [4.78, 5) is 6.58. The Labute approximate surface area is 272 Å². The Morgan fingerprint density at radius 2 is 0.957 bits per heavy atom. The van der Waals surface area contributed by atoms with Crippen molar-refractivity contribution in [3.05, 3.63) is 185 Å². The number of thiophene rings is 1. The van der Waals surface area contributed by atoms with Crippen molar-refractivity contribution < 1.29 is 0 Å². The smallest absolute Gasteiger partial charge is 0.0819 e. The van der Waals surface area contributed by atoms with E-state index in [9.17, 15) is 0 Å². The van der Waals surface area contributed by atoms with Gasteiger partial charge in [-0.1, -0.05) is 140 Å². The lowest BCUT2D eigenvalue weighted by molar-refractivity contribution is 0.812. The highest BCUT2D eigenvalue weighted by Gasteiger charge is 2.53. The zero-order valence-electron chi connectivity index (χ0n) is 24.9. The fourth-order valence-corrected chi connectivity index (χ4v) is 9.39. The van der Waals surface area contributed by atoms with Gasteiger partial charge in [0.25, 0.3) is 0 Å². The lowest BCUT2D eigenvalue weighted by Gasteiger charge is -2.29. The van der Waals surface area contributed by atoms with Gasteiger partial charge in [0.2, 0.25) is 0 Å². The number of fused-ring (bicyclic) bond motifs is 12. The normalized spacial score (nSPS) is 13.4. The summed E-state index contributed by atoms with van der Waals surface area (Å²) in [5.74, 6) is 0. The molecule has 46 heavy (non-hydrogen) atoms. The van der Waals surface area contributed by atoms with Crippen LogP contribution in [-0.4, -0.2) is 4.98 Å². The topological polar surface area (TPSA) is 12.9 Å². The molecule has 0 saturated carbocycles. The fraction of sp³-hybridized carbons (Fsp3) is 0.0227. The first-order chi connectivity index (χ1) is 22.8. The van der Waals surface area contributed by atoms with Crippen LogP contribution in [0.5, 0.6) is 0 Å². The van der Waals surface area contributed by atoms with Gasteiger partial charge in [0.15, 0.2) is 0 Å². The maximum atomic E-state index is 5.15. The van der Waals surface area contributed by atoms with Crippen LogP contribution in [0.1, 0.15) is 21.6 Å². The van der Waals surface area contributed by atoms with Gasteiger partial charge in [0.05, 0.1) is 16.8 Å². The van der Waals surface area contributed by atoms with E-state index in [0.29, 0.717) is 0 Å². The number of aromatic nitrogens is 1. The molecular weight excluding hydrogens is 575 g/mol. The maximum Gasteiger partial charge on any atom is 0.0819 e. The summed E-state index contributed by atoms with van der Waals surface area (Å²) in [5, 5.41) is 1.34. The summed E-state index contributed by atoms with van der Waals surface area (Å²) in [6.07, 6.45) is 0. The van der Waals surface area contributed by atoms with Gasteiger partial charge >= 0.3 is 0 Å². The number of benzene rings is 6. The van der Waals surface area contributed by atoms with Crippen LogP contribution < -0.4 is 0 Å². The third-order valence-corrected chi connectivity index (χ3v) is 11.2. The van der Waals surface area contributed by atoms with Crippen LogP contribution >= 0.6 is 11.3 Å². The lowest BCUT2D eigenvalue weighted by atomic mass is 9.73. The number of pyridine rings is 1. The zero-order chi connectivity index (χ0) is 30.2. The molecule has 2 heterocycles. The van der Waals surface area contributed by atoms with Crippen LogP contribution in [0.25, 0.3) is 66.0 Å². The molecule has 1 spiro atoms. The van der Waals surface area contributed by atoms with E-state index in [0.717, 1.165) is 22.5 Å². The van der Waals surface area contributed by atoms with Crippen LogP contribution in [0.15, 0.2) is 164 Å². The molecule has 0 radical (unpaired) electrons. The van der Waals surface area contributed by atoms with Crippen molar-refractivity contribution in [1.29, 1.82) is 0 Å². The van der Waals surface area contributed by atoms with Crippen molar-refractivity contribution in [2.24, 2.45) is 0 Å². The van der Waals surface area contributed by atoms with E-state index < -0.39 is 0 Å². The molecule has 0 atom stereocenters. The van der Waals surface area contributed by atoms with E-state index in [4.69, 9.17) is 4.98 Å². The molecule has 8 aromatic rings. The molecule has 2 heteroatoms. The quantitative estimate of drug-likeness (QED) is 0.196. The fourth-order valence-electron chi connectivity index (χ4n) is 7.94. The van der Waals surface area contributed by atoms with E-state index in [2.05, 4.69) is 164 Å². The molecule has 0 fully saturated rings. The van der Waals surface area contributed by atoms with Crippen molar-refractivity contribution in [3.8, 4) is 55.9 Å². The molecule has 2 aromatic heterocycles. The second-order valence-corrected chi connectivity index (χ2v) is 13.3. The second kappa shape index (κ2) is 9.71. The summed E-state index contributed by atoms with van der Waals surface area (Å²) >= 11 is 1.96. The highest BCUT2D eigenvalue weighted by atomic mass is 32.1. The van der Waals surface area contributed by atoms with E-state index in [-0.39, 0.29) is 5.41 Å². The van der Waals surface area contributed by atoms with E-state index in [1.165, 1.54) is 65.0 Å². The number of hydrogen-bond donors (Lipinski definition) is 0. The zero-order valence-corrected chi connectivity index (χ0v) is 25.8. The molecule has 10 rings (SSSR count). The molecular formula is C44H27NS. The minimum absolute atomic E-state index is 0.331. The second-order valence-electron chi connectivity index (χ2n) is 12.3. The van der Waals surface area contributed by atoms with Crippen LogP contribution in [-0.2, 0) is 5.41 Å². The van der Waals surface area contributed by atoms with E-state index in [1.54, 1.807) is 0 Å². The average molecular weight is 602 g/mol. The number of rotatable bonds is 3. The standard InChI is InChI=1S/C44H27NS/c1-3-13-28(14-4-1)39-26-31(27-40(45-39)29-15-5-2-6-16-29)30-23-24-38-35(25-30)42-34-19-9-12-22-41(34)46-43(42)44(38)36-20-10-7-17-32(36)33-18-8-11-21-37(33)44/h1-27H. The third-order valence-electron chi connectivity index (χ3n) is 9.88. The number of nitrogens with zero attached hydrogens (tertiary/aromatic N) is 1. The van der Waals surface area contributed by atoms with Gasteiger partial charge in [-0.25, -0.2) is 4.98 Å². The van der Waals surface area contributed by atoms with Gasteiger partial charge in [-0.2, -0.15) is 0 Å². The molecule has 0 aliphatic heterocycles. The summed E-state index contributed by atoms with van der Waals surface area (Å²) in [6.45, 7) is 0. The first-order valence-electron chi connectivity index (χ1n) is 15.8. The van der Waals surface area contributed by atoms with E-state index in [1.807, 2.05) is 11.3 Å². The van der Waals surface area contributed by atoms with Crippen molar-refractivity contribution in [3.63, 3.8) is 0 Å². The maximum absolute atomic E-state index is 5.15. The molecule has 0 bridgehead atoms. The minimum atomic E-state index is -0.331. The summed E-state index contributed by atoms with van der Waals surface area (Å²) in [6, 6.07) is 59.8. The first-order valence-corrected chi connectivity index (χ1v) is 16.6. The van der Waals surface area contributed by atoms with Crippen molar-refractivity contribution in [2.75, 3.05) is 0 Å². The summed E-state index contributed by atoms with van der Waals surface area (Å²) in [7, 11) is 0. The molecule has 0 amide bonds. The minimum Gasteiger partial charge on any atom is -0.248 e. The van der Waals surface area contributed by atoms with Crippen LogP contribution in [0.2, 0.25) is 0 Å². The summed E-state index contributed by atoms with van der Waals surface area (Å²) < 4.78 is 1.34. The predicted molar refractivity (Wildman–Crippen MR) is 192 cm³/mol. The molecule has 2 aliphatic rings. The van der Waals surface area contributed by atoms with Crippen molar-refractivity contribution in [1.82, 2.24) is 4.98 Å². The van der Waals surface area contributed by atoms with Crippen LogP contribution in [0, 0.1) is 0 Å². The SMILES string of the molecule is c1ccc(-c2cc(-c3ccc4c(c3)-c3c(sc5ccccc35)C43c4ccccc4-c4ccccc43)cc(-c3ccccc3)n2)cc1. The largest absolute Gasteiger partial charge is 0.248 e.